The number of hydrogen-bond donors (Lipinski definition) is 2. The van der Waals surface area contributed by atoms with Crippen molar-refractivity contribution in [2.24, 2.45) is 0 Å². The van der Waals surface area contributed by atoms with Crippen LogP contribution in [0.1, 0.15) is 40.0 Å². The summed E-state index contributed by atoms with van der Waals surface area (Å²) in [4.78, 5) is 23.8. The number of rotatable bonds is 7. The summed E-state index contributed by atoms with van der Waals surface area (Å²) in [6.45, 7) is 9.34. The van der Waals surface area contributed by atoms with Gasteiger partial charge in [0.2, 0.25) is 0 Å². The van der Waals surface area contributed by atoms with E-state index in [1.54, 1.807) is 17.7 Å². The first kappa shape index (κ1) is 18.4. The van der Waals surface area contributed by atoms with Gasteiger partial charge in [-0.25, -0.2) is 9.48 Å². The van der Waals surface area contributed by atoms with Gasteiger partial charge in [0.1, 0.15) is 6.04 Å². The molecule has 0 aliphatic carbocycles. The number of nitrogens with zero attached hydrogens (tertiary/aromatic N) is 2. The molecule has 2 rings (SSSR count). The number of nitrogens with one attached hydrogen (secondary N) is 1. The SMILES string of the molecule is C=CCCC(NC(=O)c1cnn(-c2cc(C)ccc2C)c1C)C(=O)O. The summed E-state index contributed by atoms with van der Waals surface area (Å²) in [5.74, 6) is -1.50. The smallest absolute Gasteiger partial charge is 0.326 e. The van der Waals surface area contributed by atoms with Crippen LogP contribution < -0.4 is 5.32 Å². The number of carbonyl (C=O) groups excluding carboxylic acids is 1. The molecular formula is C19H23N3O3. The Morgan fingerprint density at radius 1 is 1.36 bits per heavy atom. The molecule has 0 saturated heterocycles. The van der Waals surface area contributed by atoms with Crippen LogP contribution in [0.25, 0.3) is 5.69 Å². The van der Waals surface area contributed by atoms with Crippen LogP contribution in [0.5, 0.6) is 0 Å². The molecule has 132 valence electrons. The summed E-state index contributed by atoms with van der Waals surface area (Å²) >= 11 is 0. The fraction of sp³-hybridized carbons (Fsp3) is 0.316. The highest BCUT2D eigenvalue weighted by atomic mass is 16.4. The summed E-state index contributed by atoms with van der Waals surface area (Å²) in [6.07, 6.45) is 3.91. The second-order valence-corrected chi connectivity index (χ2v) is 6.08. The van der Waals surface area contributed by atoms with Crippen molar-refractivity contribution in [2.75, 3.05) is 0 Å². The van der Waals surface area contributed by atoms with E-state index in [-0.39, 0.29) is 0 Å². The average Bonchev–Trinajstić information content (AvgIpc) is 2.94. The molecule has 1 unspecified atom stereocenters. The van der Waals surface area contributed by atoms with E-state index in [4.69, 9.17) is 0 Å². The molecule has 0 saturated carbocycles. The van der Waals surface area contributed by atoms with E-state index in [1.807, 2.05) is 32.0 Å². The van der Waals surface area contributed by atoms with E-state index in [1.165, 1.54) is 6.20 Å². The molecule has 6 heteroatoms. The summed E-state index contributed by atoms with van der Waals surface area (Å²) < 4.78 is 1.71. The van der Waals surface area contributed by atoms with Crippen LogP contribution in [0.2, 0.25) is 0 Å². The van der Waals surface area contributed by atoms with Gasteiger partial charge < -0.3 is 10.4 Å². The van der Waals surface area contributed by atoms with Gasteiger partial charge in [0.15, 0.2) is 0 Å². The number of aliphatic carboxylic acids is 1. The minimum Gasteiger partial charge on any atom is -0.480 e. The zero-order valence-electron chi connectivity index (χ0n) is 14.7. The predicted octanol–water partition coefficient (Wildman–Crippen LogP) is 2.95. The Balaban J connectivity index is 2.28. The van der Waals surface area contributed by atoms with Crippen LogP contribution in [0.15, 0.2) is 37.1 Å². The molecule has 0 fully saturated rings. The van der Waals surface area contributed by atoms with E-state index in [2.05, 4.69) is 17.0 Å². The Bertz CT molecular complexity index is 808. The Morgan fingerprint density at radius 3 is 2.72 bits per heavy atom. The minimum atomic E-state index is -1.06. The topological polar surface area (TPSA) is 84.2 Å². The number of allylic oxidation sites excluding steroid dienone is 1. The zero-order valence-corrected chi connectivity index (χ0v) is 14.7. The number of benzene rings is 1. The van der Waals surface area contributed by atoms with Crippen molar-refractivity contribution in [3.05, 3.63) is 59.4 Å². The lowest BCUT2D eigenvalue weighted by Gasteiger charge is -2.14. The maximum Gasteiger partial charge on any atom is 0.326 e. The van der Waals surface area contributed by atoms with Crippen LogP contribution in [0.4, 0.5) is 0 Å². The van der Waals surface area contributed by atoms with Gasteiger partial charge >= 0.3 is 5.97 Å². The third kappa shape index (κ3) is 4.15. The lowest BCUT2D eigenvalue weighted by Crippen LogP contribution is -2.40. The van der Waals surface area contributed by atoms with Crippen LogP contribution in [-0.2, 0) is 4.79 Å². The second-order valence-electron chi connectivity index (χ2n) is 6.08. The molecular weight excluding hydrogens is 318 g/mol. The minimum absolute atomic E-state index is 0.300. The van der Waals surface area contributed by atoms with Gasteiger partial charge in [0, 0.05) is 0 Å². The standard InChI is InChI=1S/C19H23N3O3/c1-5-6-7-16(19(24)25)21-18(23)15-11-20-22(14(15)4)17-10-12(2)8-9-13(17)3/h5,8-11,16H,1,6-7H2,2-4H3,(H,21,23)(H,24,25). The number of amides is 1. The van der Waals surface area contributed by atoms with E-state index in [0.29, 0.717) is 24.1 Å². The van der Waals surface area contributed by atoms with E-state index < -0.39 is 17.9 Å². The number of hydrogen-bond acceptors (Lipinski definition) is 3. The molecule has 1 aromatic carbocycles. The van der Waals surface area contributed by atoms with Crippen molar-refractivity contribution in [2.45, 2.75) is 39.7 Å². The van der Waals surface area contributed by atoms with Gasteiger partial charge in [-0.15, -0.1) is 6.58 Å². The molecule has 2 N–H and O–H groups in total. The summed E-state index contributed by atoms with van der Waals surface area (Å²) in [5.41, 5.74) is 4.07. The summed E-state index contributed by atoms with van der Waals surface area (Å²) in [7, 11) is 0. The first-order chi connectivity index (χ1) is 11.8. The highest BCUT2D eigenvalue weighted by molar-refractivity contribution is 5.97. The van der Waals surface area contributed by atoms with Crippen molar-refractivity contribution in [1.29, 1.82) is 0 Å². The average molecular weight is 341 g/mol. The maximum absolute atomic E-state index is 12.5. The van der Waals surface area contributed by atoms with Gasteiger partial charge in [-0.05, 0) is 50.8 Å². The Labute approximate surface area is 147 Å². The van der Waals surface area contributed by atoms with Crippen molar-refractivity contribution >= 4 is 11.9 Å². The number of aromatic nitrogens is 2. The van der Waals surface area contributed by atoms with Gasteiger partial charge in [0.25, 0.3) is 5.91 Å². The predicted molar refractivity (Wildman–Crippen MR) is 96.1 cm³/mol. The normalized spacial score (nSPS) is 11.8. The van der Waals surface area contributed by atoms with Gasteiger partial charge in [-0.3, -0.25) is 4.79 Å². The zero-order chi connectivity index (χ0) is 18.6. The molecule has 0 aliphatic heterocycles. The third-order valence-corrected chi connectivity index (χ3v) is 4.11. The van der Waals surface area contributed by atoms with Crippen LogP contribution in [-0.4, -0.2) is 32.8 Å². The number of carboxylic acid groups (broad SMARTS) is 1. The second kappa shape index (κ2) is 7.79. The molecule has 1 amide bonds. The molecule has 1 atom stereocenters. The first-order valence-electron chi connectivity index (χ1n) is 8.12. The molecule has 0 bridgehead atoms. The van der Waals surface area contributed by atoms with Gasteiger partial charge in [-0.2, -0.15) is 5.10 Å². The molecule has 1 aromatic heterocycles. The fourth-order valence-electron chi connectivity index (χ4n) is 2.60. The van der Waals surface area contributed by atoms with Gasteiger partial charge in [0.05, 0.1) is 23.1 Å². The Morgan fingerprint density at radius 2 is 2.08 bits per heavy atom. The quantitative estimate of drug-likeness (QED) is 0.758. The maximum atomic E-state index is 12.5. The van der Waals surface area contributed by atoms with Crippen molar-refractivity contribution in [1.82, 2.24) is 15.1 Å². The molecule has 25 heavy (non-hydrogen) atoms. The van der Waals surface area contributed by atoms with E-state index in [0.717, 1.165) is 16.8 Å². The lowest BCUT2D eigenvalue weighted by molar-refractivity contribution is -0.139. The largest absolute Gasteiger partial charge is 0.480 e. The number of carboxylic acids is 1. The number of carbonyl (C=O) groups is 2. The fourth-order valence-corrected chi connectivity index (χ4v) is 2.60. The molecule has 0 aliphatic rings. The molecule has 1 heterocycles. The molecule has 0 radical (unpaired) electrons. The highest BCUT2D eigenvalue weighted by Crippen LogP contribution is 2.19. The van der Waals surface area contributed by atoms with Crippen molar-refractivity contribution in [3.8, 4) is 5.69 Å². The van der Waals surface area contributed by atoms with E-state index in [9.17, 15) is 14.7 Å². The molecule has 6 nitrogen and oxygen atoms in total. The lowest BCUT2D eigenvalue weighted by atomic mass is 10.1. The highest BCUT2D eigenvalue weighted by Gasteiger charge is 2.23. The summed E-state index contributed by atoms with van der Waals surface area (Å²) in [6, 6.07) is 5.07. The monoisotopic (exact) mass is 341 g/mol. The van der Waals surface area contributed by atoms with Crippen molar-refractivity contribution < 1.29 is 14.7 Å². The first-order valence-corrected chi connectivity index (χ1v) is 8.12. The van der Waals surface area contributed by atoms with Crippen LogP contribution >= 0.6 is 0 Å². The molecule has 2 aromatic rings. The number of aryl methyl sites for hydroxylation is 2. The third-order valence-electron chi connectivity index (χ3n) is 4.11. The Hall–Kier alpha value is -2.89. The molecule has 0 spiro atoms. The Kier molecular flexibility index (Phi) is 5.75. The van der Waals surface area contributed by atoms with Gasteiger partial charge in [-0.1, -0.05) is 18.2 Å². The van der Waals surface area contributed by atoms with Crippen LogP contribution in [0, 0.1) is 20.8 Å². The van der Waals surface area contributed by atoms with Crippen molar-refractivity contribution in [3.63, 3.8) is 0 Å². The van der Waals surface area contributed by atoms with Crippen LogP contribution in [0.3, 0.4) is 0 Å². The summed E-state index contributed by atoms with van der Waals surface area (Å²) in [5, 5.41) is 16.1. The van der Waals surface area contributed by atoms with E-state index >= 15 is 0 Å².